The first-order valence-electron chi connectivity index (χ1n) is 9.17. The number of hydrogen-bond donors (Lipinski definition) is 0. The van der Waals surface area contributed by atoms with Gasteiger partial charge in [-0.25, -0.2) is 4.79 Å². The minimum absolute atomic E-state index is 0.156. The quantitative estimate of drug-likeness (QED) is 0.530. The molecule has 8 heteroatoms. The Labute approximate surface area is 172 Å². The van der Waals surface area contributed by atoms with Crippen molar-refractivity contribution in [2.45, 2.75) is 13.5 Å². The number of rotatable bonds is 8. The number of aromatic nitrogens is 1. The number of amides is 1. The average molecular weight is 414 g/mol. The standard InChI is InChI=1S/C21H22N2O5S/c1-3-27-20(25)15-9-10-17-18(13-15)29-21(23(17)11-12-26-2)22-19(24)14-28-16-7-5-4-6-8-16/h4-10,13H,3,11-12,14H2,1-2H3. The summed E-state index contributed by atoms with van der Waals surface area (Å²) in [5.74, 6) is -0.159. The second kappa shape index (κ2) is 9.99. The van der Waals surface area contributed by atoms with Gasteiger partial charge < -0.3 is 18.8 Å². The Hall–Kier alpha value is -2.97. The van der Waals surface area contributed by atoms with Crippen molar-refractivity contribution in [2.24, 2.45) is 4.99 Å². The first-order chi connectivity index (χ1) is 14.1. The Balaban J connectivity index is 1.90. The second-order valence-corrected chi connectivity index (χ2v) is 7.05. The van der Waals surface area contributed by atoms with Crippen LogP contribution in [0.4, 0.5) is 0 Å². The zero-order valence-corrected chi connectivity index (χ0v) is 17.1. The molecule has 2 aromatic carbocycles. The van der Waals surface area contributed by atoms with Gasteiger partial charge in [0.2, 0.25) is 0 Å². The van der Waals surface area contributed by atoms with Crippen LogP contribution in [0.1, 0.15) is 17.3 Å². The second-order valence-electron chi connectivity index (χ2n) is 6.04. The molecule has 0 N–H and O–H groups in total. The van der Waals surface area contributed by atoms with Crippen molar-refractivity contribution in [3.63, 3.8) is 0 Å². The van der Waals surface area contributed by atoms with E-state index in [-0.39, 0.29) is 12.6 Å². The Bertz CT molecular complexity index is 1060. The molecular formula is C21H22N2O5S. The van der Waals surface area contributed by atoms with Crippen molar-refractivity contribution < 1.29 is 23.8 Å². The fourth-order valence-electron chi connectivity index (χ4n) is 2.70. The highest BCUT2D eigenvalue weighted by atomic mass is 32.1. The van der Waals surface area contributed by atoms with E-state index in [0.29, 0.717) is 35.9 Å². The number of esters is 1. The maximum absolute atomic E-state index is 12.3. The molecule has 0 unspecified atom stereocenters. The van der Waals surface area contributed by atoms with Crippen LogP contribution in [0.15, 0.2) is 53.5 Å². The normalized spacial score (nSPS) is 11.6. The summed E-state index contributed by atoms with van der Waals surface area (Å²) in [5.41, 5.74) is 1.33. The molecule has 0 fully saturated rings. The monoisotopic (exact) mass is 414 g/mol. The van der Waals surface area contributed by atoms with Gasteiger partial charge in [-0.2, -0.15) is 4.99 Å². The lowest BCUT2D eigenvalue weighted by Gasteiger charge is -2.05. The van der Waals surface area contributed by atoms with E-state index in [2.05, 4.69) is 4.99 Å². The van der Waals surface area contributed by atoms with Crippen LogP contribution in [0.25, 0.3) is 10.2 Å². The minimum Gasteiger partial charge on any atom is -0.484 e. The summed E-state index contributed by atoms with van der Waals surface area (Å²) in [7, 11) is 1.61. The van der Waals surface area contributed by atoms with E-state index in [4.69, 9.17) is 14.2 Å². The van der Waals surface area contributed by atoms with Gasteiger partial charge in [-0.3, -0.25) is 4.79 Å². The predicted molar refractivity (Wildman–Crippen MR) is 110 cm³/mol. The number of thiazole rings is 1. The number of ether oxygens (including phenoxy) is 3. The Morgan fingerprint density at radius 3 is 2.66 bits per heavy atom. The predicted octanol–water partition coefficient (Wildman–Crippen LogP) is 3.03. The molecule has 1 amide bonds. The van der Waals surface area contributed by atoms with E-state index >= 15 is 0 Å². The third-order valence-corrected chi connectivity index (χ3v) is 5.08. The summed E-state index contributed by atoms with van der Waals surface area (Å²) in [5, 5.41) is 0. The number of nitrogens with zero attached hydrogens (tertiary/aromatic N) is 2. The number of hydrogen-bond acceptors (Lipinski definition) is 6. The van der Waals surface area contributed by atoms with Gasteiger partial charge in [-0.05, 0) is 37.3 Å². The fourth-order valence-corrected chi connectivity index (χ4v) is 3.81. The molecule has 0 atom stereocenters. The number of carbonyl (C=O) groups is 2. The molecule has 0 saturated heterocycles. The molecule has 152 valence electrons. The van der Waals surface area contributed by atoms with Gasteiger partial charge in [0, 0.05) is 13.7 Å². The largest absolute Gasteiger partial charge is 0.484 e. The van der Waals surface area contributed by atoms with Gasteiger partial charge >= 0.3 is 5.97 Å². The van der Waals surface area contributed by atoms with Crippen LogP contribution in [0.5, 0.6) is 5.75 Å². The number of carbonyl (C=O) groups excluding carboxylic acids is 2. The molecule has 3 aromatic rings. The van der Waals surface area contributed by atoms with Gasteiger partial charge in [0.15, 0.2) is 11.4 Å². The molecule has 0 saturated carbocycles. The minimum atomic E-state index is -0.391. The maximum Gasteiger partial charge on any atom is 0.338 e. The van der Waals surface area contributed by atoms with E-state index < -0.39 is 5.91 Å². The molecule has 7 nitrogen and oxygen atoms in total. The van der Waals surface area contributed by atoms with Gasteiger partial charge in [-0.15, -0.1) is 0 Å². The molecule has 3 rings (SSSR count). The molecular weight excluding hydrogens is 392 g/mol. The smallest absolute Gasteiger partial charge is 0.338 e. The van der Waals surface area contributed by atoms with Crippen molar-refractivity contribution in [3.8, 4) is 5.75 Å². The molecule has 0 spiro atoms. The van der Waals surface area contributed by atoms with E-state index in [0.717, 1.165) is 10.2 Å². The van der Waals surface area contributed by atoms with Gasteiger partial charge in [0.05, 0.1) is 29.0 Å². The van der Waals surface area contributed by atoms with Crippen molar-refractivity contribution in [2.75, 3.05) is 26.9 Å². The number of methoxy groups -OCH3 is 1. The highest BCUT2D eigenvalue weighted by Gasteiger charge is 2.12. The lowest BCUT2D eigenvalue weighted by molar-refractivity contribution is -0.120. The van der Waals surface area contributed by atoms with Crippen LogP contribution in [0.3, 0.4) is 0 Å². The van der Waals surface area contributed by atoms with Crippen LogP contribution < -0.4 is 9.54 Å². The third kappa shape index (κ3) is 5.30. The van der Waals surface area contributed by atoms with Crippen molar-refractivity contribution in [1.82, 2.24) is 4.57 Å². The topological polar surface area (TPSA) is 79.1 Å². The Morgan fingerprint density at radius 2 is 1.93 bits per heavy atom. The van der Waals surface area contributed by atoms with Gasteiger partial charge in [-0.1, -0.05) is 29.5 Å². The molecule has 0 radical (unpaired) electrons. The Kier molecular flexibility index (Phi) is 7.15. The highest BCUT2D eigenvalue weighted by molar-refractivity contribution is 7.16. The average Bonchev–Trinajstić information content (AvgIpc) is 3.07. The van der Waals surface area contributed by atoms with Crippen LogP contribution in [-0.2, 0) is 20.8 Å². The lowest BCUT2D eigenvalue weighted by atomic mass is 10.2. The fraction of sp³-hybridized carbons (Fsp3) is 0.286. The molecule has 0 aliphatic rings. The molecule has 0 aliphatic heterocycles. The van der Waals surface area contributed by atoms with Crippen LogP contribution in [0.2, 0.25) is 0 Å². The Morgan fingerprint density at radius 1 is 1.14 bits per heavy atom. The van der Waals surface area contributed by atoms with E-state index in [1.807, 2.05) is 28.8 Å². The first kappa shape index (κ1) is 20.8. The van der Waals surface area contributed by atoms with Crippen LogP contribution in [-0.4, -0.2) is 43.4 Å². The zero-order chi connectivity index (χ0) is 20.6. The molecule has 0 bridgehead atoms. The maximum atomic E-state index is 12.3. The number of para-hydroxylation sites is 1. The molecule has 1 heterocycles. The lowest BCUT2D eigenvalue weighted by Crippen LogP contribution is -2.21. The molecule has 29 heavy (non-hydrogen) atoms. The number of fused-ring (bicyclic) bond motifs is 1. The number of benzene rings is 2. The molecule has 1 aromatic heterocycles. The first-order valence-corrected chi connectivity index (χ1v) is 9.99. The summed E-state index contributed by atoms with van der Waals surface area (Å²) >= 11 is 1.33. The van der Waals surface area contributed by atoms with Crippen LogP contribution >= 0.6 is 11.3 Å². The van der Waals surface area contributed by atoms with Crippen molar-refractivity contribution in [3.05, 3.63) is 58.9 Å². The van der Waals surface area contributed by atoms with Gasteiger partial charge in [0.1, 0.15) is 5.75 Å². The third-order valence-electron chi connectivity index (χ3n) is 4.04. The summed E-state index contributed by atoms with van der Waals surface area (Å²) in [6.07, 6.45) is 0. The van der Waals surface area contributed by atoms with E-state index in [9.17, 15) is 9.59 Å². The van der Waals surface area contributed by atoms with Gasteiger partial charge in [0.25, 0.3) is 5.91 Å². The highest BCUT2D eigenvalue weighted by Crippen LogP contribution is 2.20. The summed E-state index contributed by atoms with van der Waals surface area (Å²) in [6, 6.07) is 14.4. The zero-order valence-electron chi connectivity index (χ0n) is 16.3. The van der Waals surface area contributed by atoms with E-state index in [1.165, 1.54) is 11.3 Å². The van der Waals surface area contributed by atoms with Crippen molar-refractivity contribution >= 4 is 33.4 Å². The summed E-state index contributed by atoms with van der Waals surface area (Å²) in [4.78, 5) is 29.1. The molecule has 0 aliphatic carbocycles. The SMILES string of the molecule is CCOC(=O)c1ccc2c(c1)sc(=NC(=O)COc1ccccc1)n2CCOC. The van der Waals surface area contributed by atoms with E-state index in [1.54, 1.807) is 38.3 Å². The van der Waals surface area contributed by atoms with Crippen LogP contribution in [0, 0.1) is 0 Å². The van der Waals surface area contributed by atoms with Crippen molar-refractivity contribution in [1.29, 1.82) is 0 Å². The summed E-state index contributed by atoms with van der Waals surface area (Å²) in [6.45, 7) is 2.91. The summed E-state index contributed by atoms with van der Waals surface area (Å²) < 4.78 is 18.5.